The highest BCUT2D eigenvalue weighted by Crippen LogP contribution is 2.28. The van der Waals surface area contributed by atoms with Crippen LogP contribution < -0.4 is 10.6 Å². The zero-order chi connectivity index (χ0) is 14.9. The smallest absolute Gasteiger partial charge is 0.148 e. The normalized spacial score (nSPS) is 10.5. The lowest BCUT2D eigenvalue weighted by atomic mass is 10.2. The molecule has 1 heterocycles. The molecule has 0 saturated carbocycles. The minimum atomic E-state index is -0.569. The summed E-state index contributed by atoms with van der Waals surface area (Å²) in [5, 5.41) is 5.73. The number of anilines is 3. The second kappa shape index (κ2) is 5.70. The monoisotopic (exact) mass is 342 g/mol. The van der Waals surface area contributed by atoms with Gasteiger partial charge in [-0.15, -0.1) is 0 Å². The zero-order valence-corrected chi connectivity index (χ0v) is 12.8. The van der Waals surface area contributed by atoms with Gasteiger partial charge in [0.2, 0.25) is 0 Å². The van der Waals surface area contributed by atoms with Gasteiger partial charge in [-0.1, -0.05) is 0 Å². The van der Waals surface area contributed by atoms with Gasteiger partial charge in [-0.25, -0.2) is 18.7 Å². The van der Waals surface area contributed by atoms with E-state index in [0.717, 1.165) is 17.7 Å². The molecule has 1 aromatic carbocycles. The number of rotatable bonds is 3. The molecule has 0 fully saturated rings. The molecule has 4 nitrogen and oxygen atoms in total. The molecule has 0 unspecified atom stereocenters. The fourth-order valence-corrected chi connectivity index (χ4v) is 2.05. The standard InChI is InChI=1S/C13H13BrF2N4/c1-6-12(17-3)18-7(2)19-13(6)20-11-5-9(15)8(14)4-10(11)16/h4-5H,1-3H3,(H2,17,18,19,20). The van der Waals surface area contributed by atoms with Crippen molar-refractivity contribution in [1.82, 2.24) is 9.97 Å². The third-order valence-electron chi connectivity index (χ3n) is 2.76. The van der Waals surface area contributed by atoms with E-state index in [4.69, 9.17) is 0 Å². The summed E-state index contributed by atoms with van der Waals surface area (Å²) in [6.07, 6.45) is 0. The van der Waals surface area contributed by atoms with E-state index < -0.39 is 11.6 Å². The largest absolute Gasteiger partial charge is 0.373 e. The fraction of sp³-hybridized carbons (Fsp3) is 0.231. The van der Waals surface area contributed by atoms with Gasteiger partial charge in [-0.3, -0.25) is 0 Å². The van der Waals surface area contributed by atoms with Crippen LogP contribution in [0.4, 0.5) is 26.1 Å². The summed E-state index contributed by atoms with van der Waals surface area (Å²) >= 11 is 2.94. The maximum absolute atomic E-state index is 13.8. The highest BCUT2D eigenvalue weighted by molar-refractivity contribution is 9.10. The molecule has 0 saturated heterocycles. The summed E-state index contributed by atoms with van der Waals surface area (Å²) < 4.78 is 27.4. The van der Waals surface area contributed by atoms with Crippen LogP contribution in [0.5, 0.6) is 0 Å². The molecule has 20 heavy (non-hydrogen) atoms. The third-order valence-corrected chi connectivity index (χ3v) is 3.37. The van der Waals surface area contributed by atoms with Gasteiger partial charge in [0.25, 0.3) is 0 Å². The summed E-state index contributed by atoms with van der Waals surface area (Å²) in [6, 6.07) is 2.15. The van der Waals surface area contributed by atoms with Crippen LogP contribution in [0.25, 0.3) is 0 Å². The second-order valence-corrected chi connectivity index (χ2v) is 5.07. The molecule has 2 aromatic rings. The molecule has 0 radical (unpaired) electrons. The number of nitrogens with one attached hydrogen (secondary N) is 2. The van der Waals surface area contributed by atoms with Crippen molar-refractivity contribution < 1.29 is 8.78 Å². The van der Waals surface area contributed by atoms with Crippen LogP contribution in [0.15, 0.2) is 16.6 Å². The Morgan fingerprint density at radius 2 is 1.70 bits per heavy atom. The highest BCUT2D eigenvalue weighted by Gasteiger charge is 2.12. The summed E-state index contributed by atoms with van der Waals surface area (Å²) in [4.78, 5) is 8.42. The van der Waals surface area contributed by atoms with Gasteiger partial charge in [0.05, 0.1) is 10.2 Å². The molecule has 106 valence electrons. The minimum Gasteiger partial charge on any atom is -0.373 e. The number of benzene rings is 1. The molecule has 0 aliphatic carbocycles. The first-order valence-corrected chi connectivity index (χ1v) is 6.66. The summed E-state index contributed by atoms with van der Waals surface area (Å²) in [6.45, 7) is 3.52. The quantitative estimate of drug-likeness (QED) is 0.830. The molecule has 0 aliphatic heterocycles. The van der Waals surface area contributed by atoms with E-state index in [2.05, 4.69) is 36.5 Å². The fourth-order valence-electron chi connectivity index (χ4n) is 1.74. The highest BCUT2D eigenvalue weighted by atomic mass is 79.9. The van der Waals surface area contributed by atoms with E-state index in [0.29, 0.717) is 17.5 Å². The van der Waals surface area contributed by atoms with Crippen molar-refractivity contribution in [3.05, 3.63) is 39.6 Å². The van der Waals surface area contributed by atoms with Crippen LogP contribution in [-0.4, -0.2) is 17.0 Å². The average Bonchev–Trinajstić information content (AvgIpc) is 2.39. The van der Waals surface area contributed by atoms with Gasteiger partial charge in [0.1, 0.15) is 29.1 Å². The summed E-state index contributed by atoms with van der Waals surface area (Å²) in [5.41, 5.74) is 0.745. The van der Waals surface area contributed by atoms with E-state index in [1.54, 1.807) is 20.9 Å². The summed E-state index contributed by atoms with van der Waals surface area (Å²) in [5.74, 6) is 0.479. The number of halogens is 3. The lowest BCUT2D eigenvalue weighted by molar-refractivity contribution is 0.597. The van der Waals surface area contributed by atoms with Crippen molar-refractivity contribution in [2.24, 2.45) is 0 Å². The SMILES string of the molecule is CNc1nc(C)nc(Nc2cc(F)c(Br)cc2F)c1C. The van der Waals surface area contributed by atoms with Crippen molar-refractivity contribution in [2.45, 2.75) is 13.8 Å². The molecule has 2 rings (SSSR count). The molecular weight excluding hydrogens is 330 g/mol. The van der Waals surface area contributed by atoms with Gasteiger partial charge in [0.15, 0.2) is 0 Å². The van der Waals surface area contributed by atoms with Crippen molar-refractivity contribution >= 4 is 33.3 Å². The van der Waals surface area contributed by atoms with Crippen LogP contribution >= 0.6 is 15.9 Å². The first-order chi connectivity index (χ1) is 9.42. The molecule has 0 amide bonds. The van der Waals surface area contributed by atoms with Gasteiger partial charge >= 0.3 is 0 Å². The summed E-state index contributed by atoms with van der Waals surface area (Å²) in [7, 11) is 1.73. The molecule has 0 aliphatic rings. The molecule has 7 heteroatoms. The van der Waals surface area contributed by atoms with Gasteiger partial charge < -0.3 is 10.6 Å². The van der Waals surface area contributed by atoms with Crippen LogP contribution in [0.3, 0.4) is 0 Å². The van der Waals surface area contributed by atoms with Gasteiger partial charge in [0, 0.05) is 18.7 Å². The van der Waals surface area contributed by atoms with Crippen molar-refractivity contribution in [2.75, 3.05) is 17.7 Å². The van der Waals surface area contributed by atoms with Gasteiger partial charge in [-0.2, -0.15) is 0 Å². The Balaban J connectivity index is 2.45. The van der Waals surface area contributed by atoms with Crippen molar-refractivity contribution in [3.8, 4) is 0 Å². The predicted octanol–water partition coefficient (Wildman–Crippen LogP) is 3.92. The average molecular weight is 343 g/mol. The molecule has 2 N–H and O–H groups in total. The van der Waals surface area contributed by atoms with E-state index >= 15 is 0 Å². The Kier molecular flexibility index (Phi) is 4.17. The zero-order valence-electron chi connectivity index (χ0n) is 11.2. The first-order valence-electron chi connectivity index (χ1n) is 5.87. The second-order valence-electron chi connectivity index (χ2n) is 4.21. The maximum Gasteiger partial charge on any atom is 0.148 e. The van der Waals surface area contributed by atoms with Crippen LogP contribution in [0.1, 0.15) is 11.4 Å². The maximum atomic E-state index is 13.8. The van der Waals surface area contributed by atoms with Gasteiger partial charge in [-0.05, 0) is 35.8 Å². The lowest BCUT2D eigenvalue weighted by Crippen LogP contribution is -2.06. The van der Waals surface area contributed by atoms with Crippen molar-refractivity contribution in [3.63, 3.8) is 0 Å². The molecule has 0 bridgehead atoms. The van der Waals surface area contributed by atoms with E-state index in [9.17, 15) is 8.78 Å². The Hall–Kier alpha value is -1.76. The number of nitrogens with zero attached hydrogens (tertiary/aromatic N) is 2. The van der Waals surface area contributed by atoms with Crippen LogP contribution in [-0.2, 0) is 0 Å². The van der Waals surface area contributed by atoms with E-state index in [1.165, 1.54) is 0 Å². The molecule has 1 aromatic heterocycles. The van der Waals surface area contributed by atoms with E-state index in [1.807, 2.05) is 0 Å². The molecule has 0 spiro atoms. The van der Waals surface area contributed by atoms with Crippen molar-refractivity contribution in [1.29, 1.82) is 0 Å². The number of hydrogen-bond acceptors (Lipinski definition) is 4. The number of hydrogen-bond donors (Lipinski definition) is 2. The molecular formula is C13H13BrF2N4. The molecule has 0 atom stereocenters. The number of aromatic nitrogens is 2. The Bertz CT molecular complexity index is 661. The first kappa shape index (κ1) is 14.6. The minimum absolute atomic E-state index is 0.0222. The number of aryl methyl sites for hydroxylation is 1. The predicted molar refractivity (Wildman–Crippen MR) is 78.4 cm³/mol. The third kappa shape index (κ3) is 2.87. The van der Waals surface area contributed by atoms with Crippen LogP contribution in [0, 0.1) is 25.5 Å². The Morgan fingerprint density at radius 3 is 2.35 bits per heavy atom. The Morgan fingerprint density at radius 1 is 1.05 bits per heavy atom. The Labute approximate surface area is 123 Å². The lowest BCUT2D eigenvalue weighted by Gasteiger charge is -2.13. The van der Waals surface area contributed by atoms with Crippen LogP contribution in [0.2, 0.25) is 0 Å². The van der Waals surface area contributed by atoms with E-state index in [-0.39, 0.29) is 10.2 Å². The topological polar surface area (TPSA) is 49.8 Å².